The van der Waals surface area contributed by atoms with Crippen LogP contribution in [0.2, 0.25) is 0 Å². The Morgan fingerprint density at radius 2 is 1.74 bits per heavy atom. The molecule has 0 saturated carbocycles. The summed E-state index contributed by atoms with van der Waals surface area (Å²) in [6.45, 7) is 7.35. The fourth-order valence-electron chi connectivity index (χ4n) is 5.01. The highest BCUT2D eigenvalue weighted by atomic mass is 32.1. The minimum Gasteiger partial charge on any atom is -0.494 e. The van der Waals surface area contributed by atoms with Crippen molar-refractivity contribution in [2.24, 2.45) is 0 Å². The normalized spacial score (nSPS) is 12.0. The number of benzene rings is 3. The van der Waals surface area contributed by atoms with E-state index in [1.54, 1.807) is 13.2 Å². The Kier molecular flexibility index (Phi) is 9.25. The van der Waals surface area contributed by atoms with Crippen molar-refractivity contribution in [3.05, 3.63) is 110 Å². The van der Waals surface area contributed by atoms with Crippen molar-refractivity contribution in [1.29, 1.82) is 0 Å². The summed E-state index contributed by atoms with van der Waals surface area (Å²) in [7, 11) is 1.62. The van der Waals surface area contributed by atoms with Crippen molar-refractivity contribution in [2.75, 3.05) is 20.3 Å². The first-order valence-electron chi connectivity index (χ1n) is 15.3. The fourth-order valence-corrected chi connectivity index (χ4v) is 5.92. The molecule has 0 N–H and O–H groups in total. The molecule has 3 aromatic carbocycles. The lowest BCUT2D eigenvalue weighted by molar-refractivity contribution is 0.288. The number of para-hydroxylation sites is 1. The number of aromatic nitrogens is 5. The molecule has 0 fully saturated rings. The molecule has 3 heterocycles. The van der Waals surface area contributed by atoms with Gasteiger partial charge in [-0.25, -0.2) is 4.68 Å². The third-order valence-electron chi connectivity index (χ3n) is 7.36. The fraction of sp³-hybridized carbons (Fsp3) is 0.222. The van der Waals surface area contributed by atoms with Gasteiger partial charge in [-0.05, 0) is 86.0 Å². The standard InChI is InChI=1S/C36H35N5O4S/c1-5-7-19-45-30-16-13-25(21-31(30)43-4)14-18-33-37-36-41(38-33)35(42)32(46-36)22-27-23-40(28-11-9-8-10-12-28)39-34(27)26-15-17-29(44-6-2)24(3)20-26/h8-18,20-23H,5-7,19H2,1-4H3/b18-14+,32-22-. The van der Waals surface area contributed by atoms with E-state index in [0.29, 0.717) is 40.0 Å². The largest absolute Gasteiger partial charge is 0.494 e. The predicted octanol–water partition coefficient (Wildman–Crippen LogP) is 6.62. The summed E-state index contributed by atoms with van der Waals surface area (Å²) >= 11 is 1.29. The molecule has 0 atom stereocenters. The Bertz CT molecular complexity index is 2110. The van der Waals surface area contributed by atoms with Crippen LogP contribution in [-0.4, -0.2) is 44.7 Å². The van der Waals surface area contributed by atoms with Gasteiger partial charge in [0.25, 0.3) is 5.56 Å². The lowest BCUT2D eigenvalue weighted by Gasteiger charge is -2.10. The Labute approximate surface area is 271 Å². The molecule has 0 radical (unpaired) electrons. The van der Waals surface area contributed by atoms with E-state index in [2.05, 4.69) is 23.1 Å². The smallest absolute Gasteiger partial charge is 0.291 e. The van der Waals surface area contributed by atoms with Gasteiger partial charge in [0.2, 0.25) is 4.96 Å². The van der Waals surface area contributed by atoms with Crippen molar-refractivity contribution in [3.63, 3.8) is 0 Å². The first-order valence-corrected chi connectivity index (χ1v) is 16.1. The minimum atomic E-state index is -0.233. The van der Waals surface area contributed by atoms with E-state index in [-0.39, 0.29) is 5.56 Å². The highest BCUT2D eigenvalue weighted by molar-refractivity contribution is 7.15. The molecular weight excluding hydrogens is 598 g/mol. The van der Waals surface area contributed by atoms with Crippen LogP contribution in [0.25, 0.3) is 40.1 Å². The Morgan fingerprint density at radius 1 is 0.913 bits per heavy atom. The second-order valence-corrected chi connectivity index (χ2v) is 11.7. The van der Waals surface area contributed by atoms with Crippen molar-refractivity contribution in [3.8, 4) is 34.2 Å². The molecule has 0 spiro atoms. The average Bonchev–Trinajstić information content (AvgIpc) is 3.76. The number of fused-ring (bicyclic) bond motifs is 1. The average molecular weight is 634 g/mol. The van der Waals surface area contributed by atoms with Gasteiger partial charge < -0.3 is 14.2 Å². The van der Waals surface area contributed by atoms with E-state index in [1.165, 1.54) is 15.9 Å². The molecule has 0 amide bonds. The predicted molar refractivity (Wildman–Crippen MR) is 183 cm³/mol. The number of thiazole rings is 1. The second kappa shape index (κ2) is 13.8. The number of hydrogen-bond acceptors (Lipinski definition) is 8. The van der Waals surface area contributed by atoms with Crippen LogP contribution in [0.15, 0.2) is 77.7 Å². The van der Waals surface area contributed by atoms with E-state index in [1.807, 2.05) is 97.5 Å². The molecule has 0 unspecified atom stereocenters. The molecule has 10 heteroatoms. The molecule has 46 heavy (non-hydrogen) atoms. The third-order valence-corrected chi connectivity index (χ3v) is 8.32. The molecule has 0 aliphatic rings. The SMILES string of the molecule is CCCCOc1ccc(/C=C/c2nc3s/c(=C\c4cn(-c5ccccc5)nc4-c4ccc(OCC)c(C)c4)c(=O)n3n2)cc1OC. The molecule has 6 aromatic rings. The van der Waals surface area contributed by atoms with Crippen LogP contribution in [0.5, 0.6) is 17.2 Å². The zero-order chi connectivity index (χ0) is 32.0. The number of ether oxygens (including phenoxy) is 3. The highest BCUT2D eigenvalue weighted by Gasteiger charge is 2.15. The highest BCUT2D eigenvalue weighted by Crippen LogP contribution is 2.30. The summed E-state index contributed by atoms with van der Waals surface area (Å²) in [6, 6.07) is 21.7. The molecule has 3 aromatic heterocycles. The Hall–Kier alpha value is -5.22. The lowest BCUT2D eigenvalue weighted by Crippen LogP contribution is -2.23. The first-order chi connectivity index (χ1) is 22.5. The molecular formula is C36H35N5O4S. The molecule has 0 aliphatic heterocycles. The van der Waals surface area contributed by atoms with Gasteiger partial charge in [-0.2, -0.15) is 14.6 Å². The van der Waals surface area contributed by atoms with Crippen LogP contribution in [0.4, 0.5) is 0 Å². The van der Waals surface area contributed by atoms with E-state index in [9.17, 15) is 4.79 Å². The zero-order valence-electron chi connectivity index (χ0n) is 26.3. The van der Waals surface area contributed by atoms with Gasteiger partial charge in [-0.3, -0.25) is 4.79 Å². The molecule has 0 aliphatic carbocycles. The van der Waals surface area contributed by atoms with Gasteiger partial charge in [0.15, 0.2) is 17.3 Å². The van der Waals surface area contributed by atoms with Gasteiger partial charge in [-0.15, -0.1) is 5.10 Å². The van der Waals surface area contributed by atoms with Crippen LogP contribution >= 0.6 is 11.3 Å². The zero-order valence-corrected chi connectivity index (χ0v) is 27.1. The van der Waals surface area contributed by atoms with Crippen LogP contribution in [0, 0.1) is 6.92 Å². The first kappa shape index (κ1) is 30.8. The van der Waals surface area contributed by atoms with Gasteiger partial charge in [0.05, 0.1) is 30.5 Å². The van der Waals surface area contributed by atoms with Crippen molar-refractivity contribution in [1.82, 2.24) is 24.4 Å². The monoisotopic (exact) mass is 633 g/mol. The van der Waals surface area contributed by atoms with Crippen molar-refractivity contribution in [2.45, 2.75) is 33.6 Å². The summed E-state index contributed by atoms with van der Waals surface area (Å²) in [5, 5.41) is 9.40. The van der Waals surface area contributed by atoms with Crippen molar-refractivity contribution >= 4 is 34.5 Å². The summed E-state index contributed by atoms with van der Waals surface area (Å²) < 4.78 is 20.8. The lowest BCUT2D eigenvalue weighted by atomic mass is 10.0. The van der Waals surface area contributed by atoms with Gasteiger partial charge in [0.1, 0.15) is 11.4 Å². The van der Waals surface area contributed by atoms with Crippen LogP contribution < -0.4 is 24.3 Å². The number of rotatable bonds is 12. The van der Waals surface area contributed by atoms with E-state index < -0.39 is 0 Å². The summed E-state index contributed by atoms with van der Waals surface area (Å²) in [6.07, 6.45) is 9.52. The summed E-state index contributed by atoms with van der Waals surface area (Å²) in [4.78, 5) is 18.6. The van der Waals surface area contributed by atoms with E-state index >= 15 is 0 Å². The van der Waals surface area contributed by atoms with Crippen LogP contribution in [0.3, 0.4) is 0 Å². The van der Waals surface area contributed by atoms with Gasteiger partial charge in [-0.1, -0.05) is 55.0 Å². The van der Waals surface area contributed by atoms with Gasteiger partial charge in [0, 0.05) is 17.3 Å². The minimum absolute atomic E-state index is 0.233. The quantitative estimate of drug-likeness (QED) is 0.140. The summed E-state index contributed by atoms with van der Waals surface area (Å²) in [5.74, 6) is 2.65. The van der Waals surface area contributed by atoms with E-state index in [4.69, 9.17) is 19.3 Å². The molecule has 0 saturated heterocycles. The van der Waals surface area contributed by atoms with Crippen LogP contribution in [0.1, 0.15) is 49.2 Å². The number of unbranched alkanes of at least 4 members (excludes halogenated alkanes) is 1. The van der Waals surface area contributed by atoms with Gasteiger partial charge >= 0.3 is 0 Å². The Balaban J connectivity index is 1.32. The van der Waals surface area contributed by atoms with E-state index in [0.717, 1.165) is 52.2 Å². The molecule has 234 valence electrons. The number of hydrogen-bond donors (Lipinski definition) is 0. The maximum Gasteiger partial charge on any atom is 0.291 e. The Morgan fingerprint density at radius 3 is 2.48 bits per heavy atom. The topological polar surface area (TPSA) is 92.8 Å². The number of methoxy groups -OCH3 is 1. The second-order valence-electron chi connectivity index (χ2n) is 10.7. The third kappa shape index (κ3) is 6.57. The molecule has 0 bridgehead atoms. The van der Waals surface area contributed by atoms with Crippen LogP contribution in [-0.2, 0) is 0 Å². The maximum absolute atomic E-state index is 13.5. The molecule has 6 rings (SSSR count). The summed E-state index contributed by atoms with van der Waals surface area (Å²) in [5.41, 5.74) is 5.10. The van der Waals surface area contributed by atoms with Crippen molar-refractivity contribution < 1.29 is 14.2 Å². The maximum atomic E-state index is 13.5. The number of nitrogens with zero attached hydrogens (tertiary/aromatic N) is 5. The number of aryl methyl sites for hydroxylation is 1. The molecule has 9 nitrogen and oxygen atoms in total.